The minimum Gasteiger partial charge on any atom is -0.293 e. The molecule has 0 radical (unpaired) electrons. The lowest BCUT2D eigenvalue weighted by Crippen LogP contribution is -2.14. The predicted octanol–water partition coefficient (Wildman–Crippen LogP) is 3.21. The Morgan fingerprint density at radius 1 is 1.05 bits per heavy atom. The molecule has 21 heavy (non-hydrogen) atoms. The van der Waals surface area contributed by atoms with Crippen molar-refractivity contribution in [1.29, 1.82) is 0 Å². The first-order valence-corrected chi connectivity index (χ1v) is 7.17. The van der Waals surface area contributed by atoms with Crippen molar-refractivity contribution >= 4 is 28.7 Å². The standard InChI is InChI=1S/C16H13FO3S/c1-10(18)14(19)9-15(20)16-7-6-13(21-16)8-11-2-4-12(17)5-3-11/h2-7H,8-9H2,1H3. The molecule has 0 aliphatic rings. The molecule has 1 aromatic carbocycles. The number of halogens is 1. The smallest absolute Gasteiger partial charge is 0.205 e. The molecule has 3 nitrogen and oxygen atoms in total. The lowest BCUT2D eigenvalue weighted by Gasteiger charge is -1.98. The van der Waals surface area contributed by atoms with Crippen molar-refractivity contribution in [1.82, 2.24) is 0 Å². The van der Waals surface area contributed by atoms with Crippen molar-refractivity contribution in [2.24, 2.45) is 0 Å². The molecule has 0 atom stereocenters. The summed E-state index contributed by atoms with van der Waals surface area (Å²) in [6, 6.07) is 9.62. The summed E-state index contributed by atoms with van der Waals surface area (Å²) in [6.07, 6.45) is 0.213. The van der Waals surface area contributed by atoms with E-state index in [1.165, 1.54) is 23.5 Å². The predicted molar refractivity (Wildman–Crippen MR) is 78.2 cm³/mol. The van der Waals surface area contributed by atoms with E-state index in [9.17, 15) is 18.8 Å². The minimum atomic E-state index is -0.673. The largest absolute Gasteiger partial charge is 0.293 e. The van der Waals surface area contributed by atoms with E-state index in [0.717, 1.165) is 17.4 Å². The molecule has 2 rings (SSSR count). The molecule has 0 saturated carbocycles. The highest BCUT2D eigenvalue weighted by Crippen LogP contribution is 2.21. The molecule has 0 aliphatic heterocycles. The molecule has 0 saturated heterocycles. The van der Waals surface area contributed by atoms with Crippen molar-refractivity contribution < 1.29 is 18.8 Å². The molecular formula is C16H13FO3S. The Hall–Kier alpha value is -2.14. The number of hydrogen-bond acceptors (Lipinski definition) is 4. The van der Waals surface area contributed by atoms with Crippen molar-refractivity contribution in [3.05, 3.63) is 57.5 Å². The molecule has 0 amide bonds. The fraction of sp³-hybridized carbons (Fsp3) is 0.188. The number of benzene rings is 1. The van der Waals surface area contributed by atoms with Gasteiger partial charge in [0.15, 0.2) is 11.6 Å². The summed E-state index contributed by atoms with van der Waals surface area (Å²) in [7, 11) is 0. The first kappa shape index (κ1) is 15.3. The summed E-state index contributed by atoms with van der Waals surface area (Å²) in [5.41, 5.74) is 0.942. The zero-order valence-electron chi connectivity index (χ0n) is 11.4. The zero-order chi connectivity index (χ0) is 15.4. The zero-order valence-corrected chi connectivity index (χ0v) is 12.2. The first-order valence-electron chi connectivity index (χ1n) is 6.36. The Morgan fingerprint density at radius 3 is 2.33 bits per heavy atom. The summed E-state index contributed by atoms with van der Waals surface area (Å²) in [6.45, 7) is 1.16. The van der Waals surface area contributed by atoms with E-state index in [1.807, 2.05) is 0 Å². The highest BCUT2D eigenvalue weighted by atomic mass is 32.1. The van der Waals surface area contributed by atoms with Gasteiger partial charge in [-0.3, -0.25) is 14.4 Å². The normalized spacial score (nSPS) is 10.4. The van der Waals surface area contributed by atoms with Crippen molar-refractivity contribution in [3.63, 3.8) is 0 Å². The summed E-state index contributed by atoms with van der Waals surface area (Å²) >= 11 is 1.29. The monoisotopic (exact) mass is 304 g/mol. The third-order valence-electron chi connectivity index (χ3n) is 2.94. The molecule has 1 aromatic heterocycles. The van der Waals surface area contributed by atoms with Crippen molar-refractivity contribution in [2.45, 2.75) is 19.8 Å². The molecular weight excluding hydrogens is 291 g/mol. The van der Waals surface area contributed by atoms with Gasteiger partial charge in [-0.2, -0.15) is 0 Å². The number of hydrogen-bond donors (Lipinski definition) is 0. The fourth-order valence-corrected chi connectivity index (χ4v) is 2.76. The van der Waals surface area contributed by atoms with E-state index in [2.05, 4.69) is 0 Å². The highest BCUT2D eigenvalue weighted by molar-refractivity contribution is 7.14. The number of carbonyl (C=O) groups excluding carboxylic acids is 3. The molecule has 108 valence electrons. The van der Waals surface area contributed by atoms with Gasteiger partial charge in [-0.1, -0.05) is 12.1 Å². The molecule has 0 aliphatic carbocycles. The van der Waals surface area contributed by atoms with Crippen LogP contribution in [0.25, 0.3) is 0 Å². The van der Waals surface area contributed by atoms with Crippen LogP contribution in [0.5, 0.6) is 0 Å². The van der Waals surface area contributed by atoms with Gasteiger partial charge < -0.3 is 0 Å². The van der Waals surface area contributed by atoms with E-state index in [4.69, 9.17) is 0 Å². The first-order chi connectivity index (χ1) is 9.95. The Balaban J connectivity index is 2.04. The number of thiophene rings is 1. The summed E-state index contributed by atoms with van der Waals surface area (Å²) in [5.74, 6) is -1.91. The minimum absolute atomic E-state index is 0.288. The maximum Gasteiger partial charge on any atom is 0.205 e. The highest BCUT2D eigenvalue weighted by Gasteiger charge is 2.17. The second-order valence-electron chi connectivity index (χ2n) is 4.65. The van der Waals surface area contributed by atoms with E-state index < -0.39 is 11.6 Å². The third kappa shape index (κ3) is 4.16. The van der Waals surface area contributed by atoms with Crippen LogP contribution in [-0.4, -0.2) is 17.3 Å². The summed E-state index contributed by atoms with van der Waals surface area (Å²) in [4.78, 5) is 35.4. The van der Waals surface area contributed by atoms with E-state index >= 15 is 0 Å². The van der Waals surface area contributed by atoms with Crippen LogP contribution in [0.3, 0.4) is 0 Å². The molecule has 0 bridgehead atoms. The van der Waals surface area contributed by atoms with Crippen LogP contribution < -0.4 is 0 Å². The molecule has 1 heterocycles. The van der Waals surface area contributed by atoms with Crippen molar-refractivity contribution in [2.75, 3.05) is 0 Å². The van der Waals surface area contributed by atoms with E-state index in [0.29, 0.717) is 11.3 Å². The third-order valence-corrected chi connectivity index (χ3v) is 4.07. The SMILES string of the molecule is CC(=O)C(=O)CC(=O)c1ccc(Cc2ccc(F)cc2)s1. The molecule has 2 aromatic rings. The van der Waals surface area contributed by atoms with Crippen LogP contribution in [0.4, 0.5) is 4.39 Å². The van der Waals surface area contributed by atoms with Gasteiger partial charge >= 0.3 is 0 Å². The van der Waals surface area contributed by atoms with Gasteiger partial charge in [-0.15, -0.1) is 11.3 Å². The Kier molecular flexibility index (Phi) is 4.75. The van der Waals surface area contributed by atoms with Gasteiger partial charge in [0.25, 0.3) is 0 Å². The average molecular weight is 304 g/mol. The van der Waals surface area contributed by atoms with Gasteiger partial charge in [0.05, 0.1) is 11.3 Å². The number of Topliss-reactive ketones (excluding diaryl/α,β-unsaturated/α-hetero) is 3. The lowest BCUT2D eigenvalue weighted by molar-refractivity contribution is -0.134. The molecule has 0 spiro atoms. The van der Waals surface area contributed by atoms with Gasteiger partial charge in [0.2, 0.25) is 5.78 Å². The quantitative estimate of drug-likeness (QED) is 0.468. The van der Waals surface area contributed by atoms with Gasteiger partial charge in [0.1, 0.15) is 5.82 Å². The Labute approximate surface area is 125 Å². The van der Waals surface area contributed by atoms with Crippen LogP contribution >= 0.6 is 11.3 Å². The van der Waals surface area contributed by atoms with Gasteiger partial charge in [-0.25, -0.2) is 4.39 Å². The Bertz CT molecular complexity index is 686. The van der Waals surface area contributed by atoms with Crippen LogP contribution in [-0.2, 0) is 16.0 Å². The van der Waals surface area contributed by atoms with Gasteiger partial charge in [0, 0.05) is 18.2 Å². The number of ketones is 3. The van der Waals surface area contributed by atoms with Crippen LogP contribution in [0.1, 0.15) is 33.5 Å². The van der Waals surface area contributed by atoms with Crippen molar-refractivity contribution in [3.8, 4) is 0 Å². The van der Waals surface area contributed by atoms with E-state index in [1.54, 1.807) is 24.3 Å². The second-order valence-corrected chi connectivity index (χ2v) is 5.82. The summed E-state index contributed by atoms with van der Waals surface area (Å²) < 4.78 is 12.8. The Morgan fingerprint density at radius 2 is 1.71 bits per heavy atom. The molecule has 0 fully saturated rings. The topological polar surface area (TPSA) is 51.2 Å². The average Bonchev–Trinajstić information content (AvgIpc) is 2.90. The van der Waals surface area contributed by atoms with Gasteiger partial charge in [-0.05, 0) is 29.8 Å². The van der Waals surface area contributed by atoms with Crippen LogP contribution in [0.15, 0.2) is 36.4 Å². The number of rotatable bonds is 6. The molecule has 5 heteroatoms. The lowest BCUT2D eigenvalue weighted by atomic mass is 10.1. The van der Waals surface area contributed by atoms with E-state index in [-0.39, 0.29) is 18.0 Å². The molecule has 0 unspecified atom stereocenters. The van der Waals surface area contributed by atoms with Crippen LogP contribution in [0.2, 0.25) is 0 Å². The maximum atomic E-state index is 12.8. The van der Waals surface area contributed by atoms with Crippen LogP contribution in [0, 0.1) is 5.82 Å². The molecule has 0 N–H and O–H groups in total. The number of carbonyl (C=O) groups is 3. The summed E-state index contributed by atoms with van der Waals surface area (Å²) in [5, 5.41) is 0. The fourth-order valence-electron chi connectivity index (χ4n) is 1.78. The second kappa shape index (κ2) is 6.54. The maximum absolute atomic E-state index is 12.8.